The van der Waals surface area contributed by atoms with Crippen LogP contribution in [0.3, 0.4) is 0 Å². The van der Waals surface area contributed by atoms with Crippen molar-refractivity contribution in [1.82, 2.24) is 14.5 Å². The average Bonchev–Trinajstić information content (AvgIpc) is 2.43. The molecule has 0 radical (unpaired) electrons. The predicted octanol–water partition coefficient (Wildman–Crippen LogP) is 2.75. The van der Waals surface area contributed by atoms with Crippen LogP contribution in [-0.2, 0) is 6.54 Å². The zero-order valence-corrected chi connectivity index (χ0v) is 9.14. The molecule has 14 heavy (non-hydrogen) atoms. The van der Waals surface area contributed by atoms with Crippen molar-refractivity contribution in [3.05, 3.63) is 23.1 Å². The topological polar surface area (TPSA) is 33.6 Å². The number of H-pyrrole nitrogens is 1. The van der Waals surface area contributed by atoms with E-state index in [4.69, 9.17) is 12.2 Å². The zero-order chi connectivity index (χ0) is 10.1. The predicted molar refractivity (Wildman–Crippen MR) is 59.8 cm³/mol. The summed E-state index contributed by atoms with van der Waals surface area (Å²) in [6, 6.07) is 3.91. The molecule has 0 aliphatic carbocycles. The fraction of sp³-hybridized carbons (Fsp3) is 0.400. The van der Waals surface area contributed by atoms with Crippen LogP contribution in [0.4, 0.5) is 0 Å². The van der Waals surface area contributed by atoms with Crippen molar-refractivity contribution in [3.8, 4) is 0 Å². The van der Waals surface area contributed by atoms with E-state index in [0.29, 0.717) is 5.92 Å². The Morgan fingerprint density at radius 3 is 3.07 bits per heavy atom. The van der Waals surface area contributed by atoms with Crippen LogP contribution in [0.2, 0.25) is 0 Å². The molecule has 0 atom stereocenters. The zero-order valence-electron chi connectivity index (χ0n) is 8.32. The van der Waals surface area contributed by atoms with Crippen LogP contribution in [0.5, 0.6) is 0 Å². The maximum Gasteiger partial charge on any atom is 0.179 e. The molecule has 3 nitrogen and oxygen atoms in total. The second-order valence-electron chi connectivity index (χ2n) is 3.81. The summed E-state index contributed by atoms with van der Waals surface area (Å²) in [5.41, 5.74) is 1.96. The van der Waals surface area contributed by atoms with Gasteiger partial charge in [-0.1, -0.05) is 13.8 Å². The molecule has 0 fully saturated rings. The maximum atomic E-state index is 5.24. The number of aromatic nitrogens is 3. The van der Waals surface area contributed by atoms with E-state index < -0.39 is 0 Å². The molecule has 2 rings (SSSR count). The molecule has 0 aliphatic rings. The van der Waals surface area contributed by atoms with Crippen molar-refractivity contribution in [2.45, 2.75) is 20.4 Å². The second kappa shape index (κ2) is 3.53. The van der Waals surface area contributed by atoms with Crippen LogP contribution >= 0.6 is 12.2 Å². The Morgan fingerprint density at radius 2 is 2.36 bits per heavy atom. The van der Waals surface area contributed by atoms with Crippen LogP contribution in [0.15, 0.2) is 18.3 Å². The van der Waals surface area contributed by atoms with E-state index in [0.717, 1.165) is 22.5 Å². The number of pyridine rings is 1. The minimum Gasteiger partial charge on any atom is -0.329 e. The van der Waals surface area contributed by atoms with E-state index in [1.165, 1.54) is 0 Å². The summed E-state index contributed by atoms with van der Waals surface area (Å²) < 4.78 is 2.81. The van der Waals surface area contributed by atoms with Gasteiger partial charge in [-0.05, 0) is 30.3 Å². The molecule has 0 aromatic carbocycles. The quantitative estimate of drug-likeness (QED) is 0.768. The average molecular weight is 207 g/mol. The van der Waals surface area contributed by atoms with Crippen molar-refractivity contribution in [1.29, 1.82) is 0 Å². The third-order valence-corrected chi connectivity index (χ3v) is 2.40. The molecule has 2 aromatic rings. The first-order valence-corrected chi connectivity index (χ1v) is 5.13. The Labute approximate surface area is 87.8 Å². The Morgan fingerprint density at radius 1 is 1.57 bits per heavy atom. The van der Waals surface area contributed by atoms with Gasteiger partial charge in [-0.3, -0.25) is 0 Å². The van der Waals surface area contributed by atoms with Crippen molar-refractivity contribution in [3.63, 3.8) is 0 Å². The molecular formula is C10H13N3S. The van der Waals surface area contributed by atoms with Crippen LogP contribution in [0.1, 0.15) is 13.8 Å². The number of nitrogens with one attached hydrogen (secondary N) is 1. The fourth-order valence-corrected chi connectivity index (χ4v) is 1.79. The lowest BCUT2D eigenvalue weighted by atomic mass is 10.2. The van der Waals surface area contributed by atoms with E-state index in [1.807, 2.05) is 12.1 Å². The Bertz CT molecular complexity index is 495. The number of hydrogen-bond donors (Lipinski definition) is 1. The molecule has 74 valence electrons. The van der Waals surface area contributed by atoms with Crippen molar-refractivity contribution in [2.75, 3.05) is 0 Å². The summed E-state index contributed by atoms with van der Waals surface area (Å²) in [4.78, 5) is 7.47. The van der Waals surface area contributed by atoms with Crippen LogP contribution < -0.4 is 0 Å². The first-order valence-electron chi connectivity index (χ1n) is 4.72. The first kappa shape index (κ1) is 9.40. The number of nitrogens with zero attached hydrogens (tertiary/aromatic N) is 2. The number of aromatic amines is 1. The van der Waals surface area contributed by atoms with Gasteiger partial charge in [0, 0.05) is 12.7 Å². The molecule has 2 aromatic heterocycles. The van der Waals surface area contributed by atoms with E-state index in [1.54, 1.807) is 6.20 Å². The highest BCUT2D eigenvalue weighted by Gasteiger charge is 2.05. The molecule has 0 amide bonds. The van der Waals surface area contributed by atoms with Crippen LogP contribution in [0, 0.1) is 10.7 Å². The molecule has 4 heteroatoms. The summed E-state index contributed by atoms with van der Waals surface area (Å²) in [5.74, 6) is 0.572. The number of hydrogen-bond acceptors (Lipinski definition) is 2. The van der Waals surface area contributed by atoms with Crippen LogP contribution in [-0.4, -0.2) is 14.5 Å². The third-order valence-electron chi connectivity index (χ3n) is 2.08. The fourth-order valence-electron chi connectivity index (χ4n) is 1.52. The highest BCUT2D eigenvalue weighted by atomic mass is 32.1. The molecule has 2 heterocycles. The SMILES string of the molecule is CC(C)Cn1c(=S)[nH]c2cccnc21. The lowest BCUT2D eigenvalue weighted by Gasteiger charge is -2.05. The summed E-state index contributed by atoms with van der Waals surface area (Å²) in [6.45, 7) is 5.25. The lowest BCUT2D eigenvalue weighted by molar-refractivity contribution is 0.526. The minimum absolute atomic E-state index is 0.572. The number of imidazole rings is 1. The molecule has 0 aliphatic heterocycles. The highest BCUT2D eigenvalue weighted by Crippen LogP contribution is 2.12. The Kier molecular flexibility index (Phi) is 2.37. The van der Waals surface area contributed by atoms with E-state index >= 15 is 0 Å². The van der Waals surface area contributed by atoms with Gasteiger partial charge in [0.1, 0.15) is 0 Å². The molecule has 0 saturated carbocycles. The third kappa shape index (κ3) is 1.57. The molecular weight excluding hydrogens is 194 g/mol. The van der Waals surface area contributed by atoms with Gasteiger partial charge in [-0.15, -0.1) is 0 Å². The van der Waals surface area contributed by atoms with Crippen molar-refractivity contribution in [2.24, 2.45) is 5.92 Å². The standard InChI is InChI=1S/C10H13N3S/c1-7(2)6-13-9-8(12-10(13)14)4-3-5-11-9/h3-5,7H,6H2,1-2H3,(H,12,14). The molecule has 0 bridgehead atoms. The summed E-state index contributed by atoms with van der Waals surface area (Å²) >= 11 is 5.24. The van der Waals surface area contributed by atoms with Gasteiger partial charge in [0.25, 0.3) is 0 Å². The van der Waals surface area contributed by atoms with E-state index in [9.17, 15) is 0 Å². The van der Waals surface area contributed by atoms with Crippen molar-refractivity contribution >= 4 is 23.4 Å². The molecule has 0 saturated heterocycles. The van der Waals surface area contributed by atoms with E-state index in [2.05, 4.69) is 28.4 Å². The van der Waals surface area contributed by atoms with Crippen molar-refractivity contribution < 1.29 is 0 Å². The van der Waals surface area contributed by atoms with Gasteiger partial charge in [-0.2, -0.15) is 0 Å². The largest absolute Gasteiger partial charge is 0.329 e. The first-order chi connectivity index (χ1) is 6.68. The van der Waals surface area contributed by atoms with Gasteiger partial charge >= 0.3 is 0 Å². The van der Waals surface area contributed by atoms with Gasteiger partial charge in [0.05, 0.1) is 5.52 Å². The lowest BCUT2D eigenvalue weighted by Crippen LogP contribution is -2.04. The smallest absolute Gasteiger partial charge is 0.179 e. The Balaban J connectivity index is 2.62. The maximum absolute atomic E-state index is 5.24. The number of fused-ring (bicyclic) bond motifs is 1. The van der Waals surface area contributed by atoms with Crippen LogP contribution in [0.25, 0.3) is 11.2 Å². The molecule has 1 N–H and O–H groups in total. The molecule has 0 unspecified atom stereocenters. The second-order valence-corrected chi connectivity index (χ2v) is 4.20. The minimum atomic E-state index is 0.572. The van der Waals surface area contributed by atoms with E-state index in [-0.39, 0.29) is 0 Å². The van der Waals surface area contributed by atoms with Gasteiger partial charge in [-0.25, -0.2) is 4.98 Å². The summed E-state index contributed by atoms with van der Waals surface area (Å²) in [7, 11) is 0. The molecule has 0 spiro atoms. The Hall–Kier alpha value is -1.16. The monoisotopic (exact) mass is 207 g/mol. The van der Waals surface area contributed by atoms with Gasteiger partial charge in [0.15, 0.2) is 10.4 Å². The summed E-state index contributed by atoms with van der Waals surface area (Å²) in [6.07, 6.45) is 1.79. The highest BCUT2D eigenvalue weighted by molar-refractivity contribution is 7.71. The van der Waals surface area contributed by atoms with Gasteiger partial charge < -0.3 is 9.55 Å². The normalized spacial score (nSPS) is 11.4. The number of rotatable bonds is 2. The summed E-state index contributed by atoms with van der Waals surface area (Å²) in [5, 5.41) is 0. The van der Waals surface area contributed by atoms with Gasteiger partial charge in [0.2, 0.25) is 0 Å².